The molecule has 25 heavy (non-hydrogen) atoms. The topological polar surface area (TPSA) is 139 Å². The average molecular weight is 385 g/mol. The Kier molecular flexibility index (Phi) is 4.80. The third-order valence-corrected chi connectivity index (χ3v) is 5.99. The smallest absolute Gasteiger partial charge is 0.295 e. The summed E-state index contributed by atoms with van der Waals surface area (Å²) < 4.78 is 22.7. The van der Waals surface area contributed by atoms with Gasteiger partial charge in [0.25, 0.3) is 5.69 Å². The first-order valence-corrected chi connectivity index (χ1v) is 9.83. The lowest BCUT2D eigenvalue weighted by atomic mass is 9.96. The summed E-state index contributed by atoms with van der Waals surface area (Å²) in [5.74, 6) is 1.40. The lowest BCUT2D eigenvalue weighted by Gasteiger charge is -2.24. The van der Waals surface area contributed by atoms with Crippen LogP contribution >= 0.6 is 12.2 Å². The third kappa shape index (κ3) is 3.99. The lowest BCUT2D eigenvalue weighted by molar-refractivity contribution is -0.384. The molecule has 0 aliphatic heterocycles. The van der Waals surface area contributed by atoms with Gasteiger partial charge >= 0.3 is 0 Å². The molecule has 1 aromatic rings. The lowest BCUT2D eigenvalue weighted by Crippen LogP contribution is -2.46. The number of primary sulfonamides is 1. The van der Waals surface area contributed by atoms with Crippen molar-refractivity contribution in [1.82, 2.24) is 10.7 Å². The predicted octanol–water partition coefficient (Wildman–Crippen LogP) is 1.22. The number of hydrazine groups is 1. The van der Waals surface area contributed by atoms with Crippen LogP contribution in [0.25, 0.3) is 0 Å². The van der Waals surface area contributed by atoms with Gasteiger partial charge in [-0.1, -0.05) is 6.42 Å². The summed E-state index contributed by atoms with van der Waals surface area (Å²) in [6.07, 6.45) is 4.81. The number of anilines is 1. The van der Waals surface area contributed by atoms with Gasteiger partial charge < -0.3 is 5.32 Å². The van der Waals surface area contributed by atoms with E-state index < -0.39 is 20.6 Å². The second kappa shape index (κ2) is 6.73. The maximum absolute atomic E-state index is 11.3. The molecule has 5 N–H and O–H groups in total. The standard InChI is InChI=1S/C14H19N5O4S2/c15-25(22,23)10-3-4-11(13(7-10)19(20)21)17-18-14(24)16-12-6-8-1-2-9(12)5-8/h3-4,7-9,12,17H,1-2,5-6H2,(H2,15,22,23)(H2,16,18,24)/t8-,9-,12+/m0/s1. The number of nitrogens with one attached hydrogen (secondary N) is 3. The van der Waals surface area contributed by atoms with E-state index in [1.807, 2.05) is 0 Å². The molecule has 2 aliphatic rings. The van der Waals surface area contributed by atoms with Crippen molar-refractivity contribution < 1.29 is 13.3 Å². The van der Waals surface area contributed by atoms with Gasteiger partial charge in [0.15, 0.2) is 5.11 Å². The van der Waals surface area contributed by atoms with Crippen LogP contribution in [-0.4, -0.2) is 24.5 Å². The van der Waals surface area contributed by atoms with Crippen LogP contribution in [-0.2, 0) is 10.0 Å². The van der Waals surface area contributed by atoms with Crippen molar-refractivity contribution in [2.75, 3.05) is 5.43 Å². The molecule has 0 unspecified atom stereocenters. The summed E-state index contributed by atoms with van der Waals surface area (Å²) in [6, 6.07) is 3.70. The van der Waals surface area contributed by atoms with Gasteiger partial charge in [-0.15, -0.1) is 0 Å². The Bertz CT molecular complexity index is 813. The highest BCUT2D eigenvalue weighted by molar-refractivity contribution is 7.89. The van der Waals surface area contributed by atoms with Gasteiger partial charge in [0, 0.05) is 12.1 Å². The molecule has 11 heteroatoms. The van der Waals surface area contributed by atoms with Crippen molar-refractivity contribution in [2.24, 2.45) is 17.0 Å². The molecular formula is C14H19N5O4S2. The molecule has 3 atom stereocenters. The van der Waals surface area contributed by atoms with Gasteiger partial charge in [-0.3, -0.25) is 21.0 Å². The predicted molar refractivity (Wildman–Crippen MR) is 96.2 cm³/mol. The van der Waals surface area contributed by atoms with E-state index in [4.69, 9.17) is 17.4 Å². The van der Waals surface area contributed by atoms with Crippen LogP contribution < -0.4 is 21.3 Å². The van der Waals surface area contributed by atoms with Crippen LogP contribution in [0, 0.1) is 22.0 Å². The van der Waals surface area contributed by atoms with Crippen molar-refractivity contribution in [3.8, 4) is 0 Å². The number of nitrogens with zero attached hydrogens (tertiary/aromatic N) is 1. The summed E-state index contributed by atoms with van der Waals surface area (Å²) in [5.41, 5.74) is 5.06. The van der Waals surface area contributed by atoms with Gasteiger partial charge in [0.1, 0.15) is 5.69 Å². The normalized spacial score (nSPS) is 24.8. The van der Waals surface area contributed by atoms with E-state index >= 15 is 0 Å². The highest BCUT2D eigenvalue weighted by Gasteiger charge is 2.39. The Hall–Kier alpha value is -1.98. The van der Waals surface area contributed by atoms with Crippen molar-refractivity contribution in [2.45, 2.75) is 36.6 Å². The summed E-state index contributed by atoms with van der Waals surface area (Å²) in [5, 5.41) is 19.8. The Labute approximate surface area is 150 Å². The van der Waals surface area contributed by atoms with Crippen LogP contribution in [0.15, 0.2) is 23.1 Å². The SMILES string of the molecule is NS(=O)(=O)c1ccc(NNC(=S)N[C@@H]2C[C@H]3CC[C@H]2C3)c([N+](=O)[O-])c1. The zero-order chi connectivity index (χ0) is 18.2. The molecule has 9 nitrogen and oxygen atoms in total. The molecule has 2 saturated carbocycles. The fraction of sp³-hybridized carbons (Fsp3) is 0.500. The Morgan fingerprint density at radius 3 is 2.64 bits per heavy atom. The van der Waals surface area contributed by atoms with Gasteiger partial charge in [-0.25, -0.2) is 13.6 Å². The molecule has 0 heterocycles. The molecular weight excluding hydrogens is 366 g/mol. The van der Waals surface area contributed by atoms with Gasteiger partial charge in [0.2, 0.25) is 10.0 Å². The van der Waals surface area contributed by atoms with Gasteiger partial charge in [0.05, 0.1) is 9.82 Å². The highest BCUT2D eigenvalue weighted by Crippen LogP contribution is 2.44. The Morgan fingerprint density at radius 1 is 1.32 bits per heavy atom. The number of benzene rings is 1. The number of sulfonamides is 1. The van der Waals surface area contributed by atoms with E-state index in [2.05, 4.69) is 16.2 Å². The number of nitro groups is 1. The van der Waals surface area contributed by atoms with E-state index in [9.17, 15) is 18.5 Å². The van der Waals surface area contributed by atoms with Gasteiger partial charge in [-0.2, -0.15) is 0 Å². The number of thiocarbonyl (C=S) groups is 1. The molecule has 0 spiro atoms. The minimum Gasteiger partial charge on any atom is -0.358 e. The third-order valence-electron chi connectivity index (χ3n) is 4.86. The molecule has 2 aliphatic carbocycles. The quantitative estimate of drug-likeness (QED) is 0.337. The minimum atomic E-state index is -4.02. The fourth-order valence-corrected chi connectivity index (χ4v) is 4.43. The molecule has 136 valence electrons. The second-order valence-electron chi connectivity index (χ2n) is 6.49. The average Bonchev–Trinajstić information content (AvgIpc) is 3.14. The zero-order valence-corrected chi connectivity index (χ0v) is 14.9. The van der Waals surface area contributed by atoms with E-state index in [1.54, 1.807) is 0 Å². The van der Waals surface area contributed by atoms with Crippen LogP contribution in [0.4, 0.5) is 11.4 Å². The molecule has 0 aromatic heterocycles. The molecule has 2 fully saturated rings. The summed E-state index contributed by atoms with van der Waals surface area (Å²) in [4.78, 5) is 10.1. The second-order valence-corrected chi connectivity index (χ2v) is 8.46. The van der Waals surface area contributed by atoms with Crippen LogP contribution in [0.3, 0.4) is 0 Å². The number of hydrogen-bond acceptors (Lipinski definition) is 6. The van der Waals surface area contributed by atoms with Crippen molar-refractivity contribution in [3.63, 3.8) is 0 Å². The molecule has 0 saturated heterocycles. The van der Waals surface area contributed by atoms with Crippen LogP contribution in [0.5, 0.6) is 0 Å². The molecule has 0 radical (unpaired) electrons. The monoisotopic (exact) mass is 385 g/mol. The molecule has 3 rings (SSSR count). The summed E-state index contributed by atoms with van der Waals surface area (Å²) in [6.45, 7) is 0. The highest BCUT2D eigenvalue weighted by atomic mass is 32.2. The zero-order valence-electron chi connectivity index (χ0n) is 13.3. The Morgan fingerprint density at radius 2 is 2.08 bits per heavy atom. The maximum atomic E-state index is 11.3. The van der Waals surface area contributed by atoms with Crippen LogP contribution in [0.2, 0.25) is 0 Å². The first kappa shape index (κ1) is 17.8. The van der Waals surface area contributed by atoms with E-state index in [0.29, 0.717) is 17.1 Å². The van der Waals surface area contributed by atoms with E-state index in [0.717, 1.165) is 18.4 Å². The molecule has 2 bridgehead atoms. The maximum Gasteiger partial charge on any atom is 0.295 e. The fourth-order valence-electron chi connectivity index (χ4n) is 3.70. The van der Waals surface area contributed by atoms with Crippen molar-refractivity contribution in [1.29, 1.82) is 0 Å². The number of nitrogens with two attached hydrogens (primary N) is 1. The van der Waals surface area contributed by atoms with E-state index in [-0.39, 0.29) is 10.6 Å². The van der Waals surface area contributed by atoms with Crippen LogP contribution in [0.1, 0.15) is 25.7 Å². The number of rotatable bonds is 5. The minimum absolute atomic E-state index is 0.0921. The van der Waals surface area contributed by atoms with Crippen molar-refractivity contribution >= 4 is 38.7 Å². The Balaban J connectivity index is 1.64. The number of hydrogen-bond donors (Lipinski definition) is 4. The summed E-state index contributed by atoms with van der Waals surface area (Å²) >= 11 is 5.23. The molecule has 1 aromatic carbocycles. The molecule has 0 amide bonds. The van der Waals surface area contributed by atoms with E-state index in [1.165, 1.54) is 31.4 Å². The van der Waals surface area contributed by atoms with Crippen molar-refractivity contribution in [3.05, 3.63) is 28.3 Å². The summed E-state index contributed by atoms with van der Waals surface area (Å²) in [7, 11) is -4.02. The number of fused-ring (bicyclic) bond motifs is 2. The number of nitro benzene ring substituents is 1. The van der Waals surface area contributed by atoms with Gasteiger partial charge in [-0.05, 0) is 55.4 Å². The first-order chi connectivity index (χ1) is 11.7. The first-order valence-electron chi connectivity index (χ1n) is 7.88. The largest absolute Gasteiger partial charge is 0.358 e.